The van der Waals surface area contributed by atoms with Crippen molar-refractivity contribution in [2.45, 2.75) is 45.6 Å². The second-order valence-corrected chi connectivity index (χ2v) is 7.10. The molecule has 1 N–H and O–H groups in total. The van der Waals surface area contributed by atoms with Crippen LogP contribution in [0.5, 0.6) is 0 Å². The molecular weight excluding hydrogens is 343 g/mol. The molecule has 0 amide bonds. The maximum atomic E-state index is 6.07. The lowest BCUT2D eigenvalue weighted by atomic mass is 10.00. The molecule has 128 valence electrons. The first-order valence-electron chi connectivity index (χ1n) is 8.40. The maximum Gasteiger partial charge on any atom is 0.229 e. The third kappa shape index (κ3) is 4.11. The number of benzene rings is 1. The van der Waals surface area contributed by atoms with Gasteiger partial charge in [-0.3, -0.25) is 0 Å². The zero-order valence-electron chi connectivity index (χ0n) is 14.0. The molecule has 1 aliphatic heterocycles. The number of hydrogen-bond donors (Lipinski definition) is 1. The third-order valence-electron chi connectivity index (χ3n) is 4.35. The summed E-state index contributed by atoms with van der Waals surface area (Å²) in [4.78, 5) is 11.6. The zero-order valence-corrected chi connectivity index (χ0v) is 15.5. The fourth-order valence-corrected chi connectivity index (χ4v) is 3.76. The average Bonchev–Trinajstić information content (AvgIpc) is 2.53. The molecule has 4 nitrogen and oxygen atoms in total. The van der Waals surface area contributed by atoms with E-state index in [1.807, 2.05) is 19.1 Å². The van der Waals surface area contributed by atoms with Gasteiger partial charge in [-0.15, -0.1) is 0 Å². The van der Waals surface area contributed by atoms with Gasteiger partial charge in [-0.2, -0.15) is 4.98 Å². The Hall–Kier alpha value is -1.52. The Morgan fingerprint density at radius 1 is 1.12 bits per heavy atom. The highest BCUT2D eigenvalue weighted by Crippen LogP contribution is 2.28. The van der Waals surface area contributed by atoms with E-state index in [0.717, 1.165) is 30.2 Å². The average molecular weight is 365 g/mol. The number of halogens is 2. The Bertz CT molecular complexity index is 700. The molecule has 2 aromatic rings. The summed E-state index contributed by atoms with van der Waals surface area (Å²) in [6, 6.07) is 7.95. The lowest BCUT2D eigenvalue weighted by Gasteiger charge is -2.36. The van der Waals surface area contributed by atoms with Crippen molar-refractivity contribution in [1.29, 1.82) is 0 Å². The monoisotopic (exact) mass is 364 g/mol. The summed E-state index contributed by atoms with van der Waals surface area (Å²) >= 11 is 12.1. The molecular formula is C18H22Cl2N4. The minimum absolute atomic E-state index is 0.557. The summed E-state index contributed by atoms with van der Waals surface area (Å²) in [5.41, 5.74) is 1.73. The van der Waals surface area contributed by atoms with Gasteiger partial charge in [-0.05, 0) is 50.8 Å². The fraction of sp³-hybridized carbons (Fsp3) is 0.444. The summed E-state index contributed by atoms with van der Waals surface area (Å²) in [5, 5.41) is 4.39. The first-order chi connectivity index (χ1) is 11.5. The van der Waals surface area contributed by atoms with Crippen LogP contribution in [0.3, 0.4) is 0 Å². The van der Waals surface area contributed by atoms with E-state index in [9.17, 15) is 0 Å². The fourth-order valence-electron chi connectivity index (χ4n) is 3.24. The van der Waals surface area contributed by atoms with E-state index in [4.69, 9.17) is 28.2 Å². The van der Waals surface area contributed by atoms with Crippen LogP contribution < -0.4 is 10.2 Å². The van der Waals surface area contributed by atoms with Crippen molar-refractivity contribution in [3.05, 3.63) is 40.0 Å². The molecule has 6 heteroatoms. The summed E-state index contributed by atoms with van der Waals surface area (Å²) < 4.78 is 0. The van der Waals surface area contributed by atoms with Gasteiger partial charge in [0.25, 0.3) is 0 Å². The number of hydrogen-bond acceptors (Lipinski definition) is 4. The minimum Gasteiger partial charge on any atom is -0.353 e. The molecule has 0 bridgehead atoms. The van der Waals surface area contributed by atoms with Crippen LogP contribution in [-0.2, 0) is 0 Å². The molecule has 1 aliphatic rings. The number of piperidine rings is 1. The Balaban J connectivity index is 1.88. The largest absolute Gasteiger partial charge is 0.353 e. The van der Waals surface area contributed by atoms with Crippen LogP contribution >= 0.6 is 23.2 Å². The van der Waals surface area contributed by atoms with Gasteiger partial charge < -0.3 is 10.2 Å². The molecule has 1 aromatic heterocycles. The van der Waals surface area contributed by atoms with E-state index in [0.29, 0.717) is 22.0 Å². The van der Waals surface area contributed by atoms with Crippen LogP contribution in [0.25, 0.3) is 0 Å². The van der Waals surface area contributed by atoms with Gasteiger partial charge in [-0.1, -0.05) is 30.1 Å². The van der Waals surface area contributed by atoms with E-state index in [1.165, 1.54) is 19.3 Å². The van der Waals surface area contributed by atoms with E-state index in [2.05, 4.69) is 28.2 Å². The van der Waals surface area contributed by atoms with E-state index in [1.54, 1.807) is 6.07 Å². The van der Waals surface area contributed by atoms with E-state index >= 15 is 0 Å². The van der Waals surface area contributed by atoms with Gasteiger partial charge in [0.05, 0.1) is 0 Å². The smallest absolute Gasteiger partial charge is 0.229 e. The molecule has 0 spiro atoms. The van der Waals surface area contributed by atoms with Crippen molar-refractivity contribution in [1.82, 2.24) is 9.97 Å². The lowest BCUT2D eigenvalue weighted by molar-refractivity contribution is 0.446. The topological polar surface area (TPSA) is 41.1 Å². The van der Waals surface area contributed by atoms with E-state index in [-0.39, 0.29) is 0 Å². The van der Waals surface area contributed by atoms with E-state index < -0.39 is 0 Å². The number of nitrogens with zero attached hydrogens (tertiary/aromatic N) is 3. The van der Waals surface area contributed by atoms with Crippen LogP contribution in [0.2, 0.25) is 10.0 Å². The molecule has 0 radical (unpaired) electrons. The van der Waals surface area contributed by atoms with Crippen LogP contribution in [0, 0.1) is 6.92 Å². The Morgan fingerprint density at radius 2 is 1.88 bits per heavy atom. The highest BCUT2D eigenvalue weighted by molar-refractivity contribution is 6.35. The number of rotatable bonds is 4. The van der Waals surface area contributed by atoms with Crippen molar-refractivity contribution in [3.63, 3.8) is 0 Å². The van der Waals surface area contributed by atoms with Gasteiger partial charge in [0.2, 0.25) is 5.95 Å². The number of anilines is 3. The molecule has 1 aromatic carbocycles. The summed E-state index contributed by atoms with van der Waals surface area (Å²) in [6.45, 7) is 5.29. The predicted molar refractivity (Wildman–Crippen MR) is 102 cm³/mol. The van der Waals surface area contributed by atoms with Crippen LogP contribution in [0.15, 0.2) is 24.3 Å². The molecule has 0 saturated carbocycles. The lowest BCUT2D eigenvalue weighted by Crippen LogP contribution is -2.39. The summed E-state index contributed by atoms with van der Waals surface area (Å²) in [5.74, 6) is 1.56. The highest BCUT2D eigenvalue weighted by Gasteiger charge is 2.22. The maximum absolute atomic E-state index is 6.07. The van der Waals surface area contributed by atoms with Crippen LogP contribution in [0.1, 0.15) is 38.3 Å². The van der Waals surface area contributed by atoms with Gasteiger partial charge in [-0.25, -0.2) is 4.98 Å². The summed E-state index contributed by atoms with van der Waals surface area (Å²) in [6.07, 6.45) is 4.87. The molecule has 3 rings (SSSR count). The van der Waals surface area contributed by atoms with Crippen LogP contribution in [0.4, 0.5) is 17.5 Å². The van der Waals surface area contributed by atoms with Gasteiger partial charge in [0.1, 0.15) is 5.82 Å². The number of nitrogens with one attached hydrogen (secondary N) is 1. The molecule has 24 heavy (non-hydrogen) atoms. The quantitative estimate of drug-likeness (QED) is 0.765. The van der Waals surface area contributed by atoms with Crippen molar-refractivity contribution in [2.75, 3.05) is 16.8 Å². The molecule has 2 heterocycles. The Labute approximate surface area is 153 Å². The zero-order chi connectivity index (χ0) is 17.1. The van der Waals surface area contributed by atoms with Crippen molar-refractivity contribution >= 4 is 40.7 Å². The standard InChI is InChI=1S/C18H22Cl2N4/c1-3-16-6-4-5-7-24(16)17-8-12(2)21-18(23-17)22-15-10-13(19)9-14(20)11-15/h8-11,16H,3-7H2,1-2H3,(H,21,22,23). The molecule has 1 fully saturated rings. The first-order valence-corrected chi connectivity index (χ1v) is 9.16. The molecule has 1 atom stereocenters. The Kier molecular flexibility index (Phi) is 5.47. The van der Waals surface area contributed by atoms with Gasteiger partial charge in [0.15, 0.2) is 0 Å². The second kappa shape index (κ2) is 7.58. The van der Waals surface area contributed by atoms with Crippen LogP contribution in [-0.4, -0.2) is 22.6 Å². The number of aromatic nitrogens is 2. The van der Waals surface area contributed by atoms with Crippen molar-refractivity contribution < 1.29 is 0 Å². The SMILES string of the molecule is CCC1CCCCN1c1cc(C)nc(Nc2cc(Cl)cc(Cl)c2)n1. The third-order valence-corrected chi connectivity index (χ3v) is 4.79. The normalized spacial score (nSPS) is 17.8. The van der Waals surface area contributed by atoms with Crippen molar-refractivity contribution in [3.8, 4) is 0 Å². The Morgan fingerprint density at radius 3 is 2.58 bits per heavy atom. The first kappa shape index (κ1) is 17.3. The van der Waals surface area contributed by atoms with Crippen molar-refractivity contribution in [2.24, 2.45) is 0 Å². The minimum atomic E-state index is 0.557. The second-order valence-electron chi connectivity index (χ2n) is 6.23. The van der Waals surface area contributed by atoms with Gasteiger partial charge in [0, 0.05) is 40.1 Å². The molecule has 1 saturated heterocycles. The molecule has 1 unspecified atom stereocenters. The predicted octanol–water partition coefficient (Wildman–Crippen LogP) is 5.60. The molecule has 0 aliphatic carbocycles. The highest BCUT2D eigenvalue weighted by atomic mass is 35.5. The summed E-state index contributed by atoms with van der Waals surface area (Å²) in [7, 11) is 0. The van der Waals surface area contributed by atoms with Gasteiger partial charge >= 0.3 is 0 Å². The number of aryl methyl sites for hydroxylation is 1.